The SMILES string of the molecule is CNS(=O)(=O)Cc1ccc(CNS(=O)(=O)c2ccc(F)cc2)cc1. The van der Waals surface area contributed by atoms with Crippen molar-refractivity contribution in [2.75, 3.05) is 7.05 Å². The minimum atomic E-state index is -3.74. The number of hydrogen-bond acceptors (Lipinski definition) is 4. The van der Waals surface area contributed by atoms with Crippen LogP contribution in [0.5, 0.6) is 0 Å². The fraction of sp³-hybridized carbons (Fsp3) is 0.200. The Morgan fingerprint density at radius 2 is 1.42 bits per heavy atom. The van der Waals surface area contributed by atoms with Gasteiger partial charge in [0.1, 0.15) is 5.82 Å². The smallest absolute Gasteiger partial charge is 0.218 e. The fourth-order valence-corrected chi connectivity index (χ4v) is 3.71. The quantitative estimate of drug-likeness (QED) is 0.767. The molecule has 2 aromatic carbocycles. The van der Waals surface area contributed by atoms with Crippen LogP contribution >= 0.6 is 0 Å². The molecule has 0 heterocycles. The number of halogens is 1. The lowest BCUT2D eigenvalue weighted by molar-refractivity contribution is 0.580. The molecule has 0 saturated heterocycles. The summed E-state index contributed by atoms with van der Waals surface area (Å²) in [6.45, 7) is 0.0404. The summed E-state index contributed by atoms with van der Waals surface area (Å²) in [5.41, 5.74) is 1.26. The molecule has 130 valence electrons. The Hall–Kier alpha value is -1.81. The maximum Gasteiger partial charge on any atom is 0.240 e. The standard InChI is InChI=1S/C15H17FN2O4S2/c1-17-23(19,20)11-13-4-2-12(3-5-13)10-18-24(21,22)15-8-6-14(16)7-9-15/h2-9,17-18H,10-11H2,1H3. The molecule has 2 aromatic rings. The summed E-state index contributed by atoms with van der Waals surface area (Å²) in [6, 6.07) is 11.1. The van der Waals surface area contributed by atoms with Gasteiger partial charge in [0, 0.05) is 6.54 Å². The highest BCUT2D eigenvalue weighted by molar-refractivity contribution is 7.89. The predicted molar refractivity (Wildman–Crippen MR) is 88.6 cm³/mol. The summed E-state index contributed by atoms with van der Waals surface area (Å²) in [7, 11) is -5.75. The van der Waals surface area contributed by atoms with Crippen LogP contribution in [-0.4, -0.2) is 23.9 Å². The van der Waals surface area contributed by atoms with Gasteiger partial charge in [0.2, 0.25) is 20.0 Å². The second-order valence-electron chi connectivity index (χ2n) is 5.06. The molecule has 0 amide bonds. The Labute approximate surface area is 140 Å². The van der Waals surface area contributed by atoms with Crippen molar-refractivity contribution in [3.05, 3.63) is 65.5 Å². The van der Waals surface area contributed by atoms with Gasteiger partial charge in [-0.2, -0.15) is 0 Å². The lowest BCUT2D eigenvalue weighted by Gasteiger charge is -2.08. The summed E-state index contributed by atoms with van der Waals surface area (Å²) in [4.78, 5) is -0.0272. The Morgan fingerprint density at radius 1 is 0.875 bits per heavy atom. The first kappa shape index (κ1) is 18.5. The molecule has 2 rings (SSSR count). The zero-order chi connectivity index (χ0) is 17.8. The molecule has 0 spiro atoms. The van der Waals surface area contributed by atoms with Crippen LogP contribution < -0.4 is 9.44 Å². The minimum absolute atomic E-state index is 0.0272. The van der Waals surface area contributed by atoms with E-state index in [9.17, 15) is 21.2 Å². The summed E-state index contributed by atoms with van der Waals surface area (Å²) < 4.78 is 64.6. The Bertz CT molecular complexity index is 893. The van der Waals surface area contributed by atoms with Gasteiger partial charge in [-0.3, -0.25) is 0 Å². The van der Waals surface area contributed by atoms with Gasteiger partial charge in [0.05, 0.1) is 10.6 Å². The maximum atomic E-state index is 12.8. The van der Waals surface area contributed by atoms with Crippen molar-refractivity contribution in [2.45, 2.75) is 17.2 Å². The van der Waals surface area contributed by atoms with Gasteiger partial charge in [-0.15, -0.1) is 0 Å². The monoisotopic (exact) mass is 372 g/mol. The van der Waals surface area contributed by atoms with Crippen molar-refractivity contribution >= 4 is 20.0 Å². The third-order valence-electron chi connectivity index (χ3n) is 3.28. The van der Waals surface area contributed by atoms with Crippen LogP contribution in [0.2, 0.25) is 0 Å². The zero-order valence-corrected chi connectivity index (χ0v) is 14.5. The predicted octanol–water partition coefficient (Wildman–Crippen LogP) is 1.35. The lowest BCUT2D eigenvalue weighted by Crippen LogP contribution is -2.23. The van der Waals surface area contributed by atoms with Gasteiger partial charge < -0.3 is 0 Å². The van der Waals surface area contributed by atoms with Gasteiger partial charge in [-0.1, -0.05) is 24.3 Å². The molecular formula is C15H17FN2O4S2. The highest BCUT2D eigenvalue weighted by Crippen LogP contribution is 2.12. The van der Waals surface area contributed by atoms with Crippen LogP contribution in [0.25, 0.3) is 0 Å². The van der Waals surface area contributed by atoms with Gasteiger partial charge in [0.25, 0.3) is 0 Å². The molecule has 0 atom stereocenters. The first-order valence-corrected chi connectivity index (χ1v) is 10.1. The normalized spacial score (nSPS) is 12.2. The van der Waals surface area contributed by atoms with Crippen molar-refractivity contribution in [2.24, 2.45) is 0 Å². The van der Waals surface area contributed by atoms with Crippen molar-refractivity contribution in [3.8, 4) is 0 Å². The molecule has 0 radical (unpaired) electrons. The number of hydrogen-bond donors (Lipinski definition) is 2. The van der Waals surface area contributed by atoms with E-state index < -0.39 is 25.9 Å². The summed E-state index contributed by atoms with van der Waals surface area (Å²) in [5, 5.41) is 0. The average Bonchev–Trinajstić information content (AvgIpc) is 2.54. The number of sulfonamides is 2. The molecule has 0 aliphatic heterocycles. The Kier molecular flexibility index (Phi) is 5.70. The van der Waals surface area contributed by atoms with Gasteiger partial charge in [0.15, 0.2) is 0 Å². The molecule has 0 aliphatic carbocycles. The van der Waals surface area contributed by atoms with Crippen molar-refractivity contribution in [1.82, 2.24) is 9.44 Å². The second-order valence-corrected chi connectivity index (χ2v) is 8.75. The molecule has 0 saturated carbocycles. The van der Waals surface area contributed by atoms with Crippen LogP contribution in [0.4, 0.5) is 4.39 Å². The van der Waals surface area contributed by atoms with Crippen molar-refractivity contribution < 1.29 is 21.2 Å². The largest absolute Gasteiger partial charge is 0.240 e. The molecule has 9 heteroatoms. The topological polar surface area (TPSA) is 92.3 Å². The minimum Gasteiger partial charge on any atom is -0.218 e. The van der Waals surface area contributed by atoms with E-state index >= 15 is 0 Å². The third kappa shape index (κ3) is 5.10. The van der Waals surface area contributed by atoms with Gasteiger partial charge >= 0.3 is 0 Å². The van der Waals surface area contributed by atoms with Crippen LogP contribution in [0.15, 0.2) is 53.4 Å². The fourth-order valence-electron chi connectivity index (χ4n) is 1.92. The van der Waals surface area contributed by atoms with E-state index in [-0.39, 0.29) is 17.2 Å². The Morgan fingerprint density at radius 3 is 1.96 bits per heavy atom. The summed E-state index contributed by atoms with van der Waals surface area (Å²) >= 11 is 0. The molecule has 0 fully saturated rings. The van der Waals surface area contributed by atoms with E-state index in [2.05, 4.69) is 9.44 Å². The van der Waals surface area contributed by atoms with E-state index in [1.165, 1.54) is 19.2 Å². The Balaban J connectivity index is 2.03. The molecule has 6 nitrogen and oxygen atoms in total. The molecular weight excluding hydrogens is 355 g/mol. The number of nitrogens with one attached hydrogen (secondary N) is 2. The molecule has 0 bridgehead atoms. The van der Waals surface area contributed by atoms with Gasteiger partial charge in [-0.25, -0.2) is 30.7 Å². The zero-order valence-electron chi connectivity index (χ0n) is 12.9. The molecule has 0 aromatic heterocycles. The highest BCUT2D eigenvalue weighted by Gasteiger charge is 2.14. The van der Waals surface area contributed by atoms with Crippen LogP contribution in [-0.2, 0) is 32.3 Å². The summed E-state index contributed by atoms with van der Waals surface area (Å²) in [5.74, 6) is -0.661. The van der Waals surface area contributed by atoms with E-state index in [4.69, 9.17) is 0 Å². The van der Waals surface area contributed by atoms with Crippen molar-refractivity contribution in [3.63, 3.8) is 0 Å². The van der Waals surface area contributed by atoms with E-state index in [1.807, 2.05) is 0 Å². The van der Waals surface area contributed by atoms with E-state index in [0.717, 1.165) is 12.1 Å². The van der Waals surface area contributed by atoms with E-state index in [1.54, 1.807) is 24.3 Å². The van der Waals surface area contributed by atoms with Gasteiger partial charge in [-0.05, 0) is 42.4 Å². The number of rotatable bonds is 7. The molecule has 0 unspecified atom stereocenters. The van der Waals surface area contributed by atoms with Crippen molar-refractivity contribution in [1.29, 1.82) is 0 Å². The highest BCUT2D eigenvalue weighted by atomic mass is 32.2. The lowest BCUT2D eigenvalue weighted by atomic mass is 10.1. The molecule has 24 heavy (non-hydrogen) atoms. The van der Waals surface area contributed by atoms with Crippen LogP contribution in [0.3, 0.4) is 0 Å². The molecule has 0 aliphatic rings. The maximum absolute atomic E-state index is 12.8. The van der Waals surface area contributed by atoms with Crippen LogP contribution in [0.1, 0.15) is 11.1 Å². The second kappa shape index (κ2) is 7.39. The first-order valence-electron chi connectivity index (χ1n) is 6.96. The third-order valence-corrected chi connectivity index (χ3v) is 6.03. The average molecular weight is 372 g/mol. The molecule has 2 N–H and O–H groups in total. The van der Waals surface area contributed by atoms with E-state index in [0.29, 0.717) is 11.1 Å². The summed E-state index contributed by atoms with van der Waals surface area (Å²) in [6.07, 6.45) is 0. The number of benzene rings is 2. The first-order chi connectivity index (χ1) is 11.2. The van der Waals surface area contributed by atoms with Crippen LogP contribution in [0, 0.1) is 5.82 Å².